The van der Waals surface area contributed by atoms with E-state index in [0.29, 0.717) is 17.2 Å². The number of fused-ring (bicyclic) bond motifs is 1. The number of aromatic hydroxyl groups is 1. The van der Waals surface area contributed by atoms with Gasteiger partial charge in [-0.2, -0.15) is 0 Å². The number of cyclic esters (lactones) is 1. The van der Waals surface area contributed by atoms with E-state index < -0.39 is 11.8 Å². The summed E-state index contributed by atoms with van der Waals surface area (Å²) in [5, 5.41) is 9.90. The van der Waals surface area contributed by atoms with Crippen molar-refractivity contribution in [1.82, 2.24) is 0 Å². The van der Waals surface area contributed by atoms with Crippen molar-refractivity contribution in [2.45, 2.75) is 38.4 Å². The number of phenolic OH excluding ortho intramolecular Hbond substituents is 1. The fourth-order valence-corrected chi connectivity index (χ4v) is 2.11. The molecule has 0 atom stereocenters. The van der Waals surface area contributed by atoms with Gasteiger partial charge in [0.25, 0.3) is 0 Å². The molecular formula is C13H14O4. The average molecular weight is 234 g/mol. The van der Waals surface area contributed by atoms with E-state index in [1.54, 1.807) is 19.9 Å². The molecule has 90 valence electrons. The van der Waals surface area contributed by atoms with Crippen molar-refractivity contribution in [2.75, 3.05) is 0 Å². The fraction of sp³-hybridized carbons (Fsp3) is 0.462. The lowest BCUT2D eigenvalue weighted by atomic mass is 10.0. The summed E-state index contributed by atoms with van der Waals surface area (Å²) in [5.41, 5.74) is 1.23. The molecule has 3 rings (SSSR count). The van der Waals surface area contributed by atoms with Gasteiger partial charge < -0.3 is 14.6 Å². The molecule has 1 aromatic rings. The first-order valence-corrected chi connectivity index (χ1v) is 5.75. The van der Waals surface area contributed by atoms with Crippen molar-refractivity contribution in [1.29, 1.82) is 0 Å². The monoisotopic (exact) mass is 234 g/mol. The number of phenols is 1. The molecular weight excluding hydrogens is 220 g/mol. The molecule has 4 heteroatoms. The van der Waals surface area contributed by atoms with Gasteiger partial charge in [-0.15, -0.1) is 0 Å². The molecule has 0 bridgehead atoms. The first kappa shape index (κ1) is 10.4. The van der Waals surface area contributed by atoms with Crippen molar-refractivity contribution >= 4 is 5.97 Å². The molecule has 1 fully saturated rings. The number of rotatable bonds is 1. The molecule has 0 radical (unpaired) electrons. The van der Waals surface area contributed by atoms with Gasteiger partial charge >= 0.3 is 5.97 Å². The largest absolute Gasteiger partial charge is 0.508 e. The standard InChI is InChI=1S/C13H14O4/c1-13(2)16-11-6-10(14)8(7-3-4-7)5-9(11)12(15)17-13/h5-7,14H,3-4H2,1-2H3. The summed E-state index contributed by atoms with van der Waals surface area (Å²) in [7, 11) is 0. The topological polar surface area (TPSA) is 55.8 Å². The van der Waals surface area contributed by atoms with Crippen LogP contribution < -0.4 is 4.74 Å². The van der Waals surface area contributed by atoms with Crippen molar-refractivity contribution in [3.63, 3.8) is 0 Å². The second-order valence-electron chi connectivity index (χ2n) is 5.07. The van der Waals surface area contributed by atoms with Crippen molar-refractivity contribution in [2.24, 2.45) is 0 Å². The van der Waals surface area contributed by atoms with Crippen molar-refractivity contribution in [3.05, 3.63) is 23.3 Å². The molecule has 0 amide bonds. The van der Waals surface area contributed by atoms with E-state index in [1.807, 2.05) is 0 Å². The van der Waals surface area contributed by atoms with Gasteiger partial charge in [-0.25, -0.2) is 4.79 Å². The van der Waals surface area contributed by atoms with Crippen LogP contribution in [0.25, 0.3) is 0 Å². The molecule has 1 heterocycles. The third kappa shape index (κ3) is 1.73. The van der Waals surface area contributed by atoms with Crippen molar-refractivity contribution in [3.8, 4) is 11.5 Å². The van der Waals surface area contributed by atoms with Crippen molar-refractivity contribution < 1.29 is 19.4 Å². The lowest BCUT2D eigenvalue weighted by Gasteiger charge is -2.32. The quantitative estimate of drug-likeness (QED) is 0.759. The van der Waals surface area contributed by atoms with E-state index in [-0.39, 0.29) is 5.75 Å². The second kappa shape index (κ2) is 3.15. The number of hydrogen-bond acceptors (Lipinski definition) is 4. The minimum absolute atomic E-state index is 0.205. The second-order valence-corrected chi connectivity index (χ2v) is 5.07. The predicted molar refractivity (Wildman–Crippen MR) is 60.2 cm³/mol. The van der Waals surface area contributed by atoms with Crippen LogP contribution in [0.2, 0.25) is 0 Å². The zero-order valence-electron chi connectivity index (χ0n) is 9.82. The van der Waals surface area contributed by atoms with Gasteiger partial charge in [0, 0.05) is 19.9 Å². The summed E-state index contributed by atoms with van der Waals surface area (Å²) < 4.78 is 10.7. The summed E-state index contributed by atoms with van der Waals surface area (Å²) >= 11 is 0. The van der Waals surface area contributed by atoms with E-state index in [9.17, 15) is 9.90 Å². The zero-order valence-corrected chi connectivity index (χ0v) is 9.82. The van der Waals surface area contributed by atoms with Crippen LogP contribution in [0.1, 0.15) is 48.5 Å². The van der Waals surface area contributed by atoms with Gasteiger partial charge in [0.2, 0.25) is 5.79 Å². The minimum atomic E-state index is -0.975. The third-order valence-electron chi connectivity index (χ3n) is 3.06. The number of carbonyl (C=O) groups excluding carboxylic acids is 1. The lowest BCUT2D eigenvalue weighted by molar-refractivity contribution is -0.127. The first-order valence-electron chi connectivity index (χ1n) is 5.75. The van der Waals surface area contributed by atoms with E-state index in [2.05, 4.69) is 0 Å². The SMILES string of the molecule is CC1(C)OC(=O)c2cc(C3CC3)c(O)cc2O1. The van der Waals surface area contributed by atoms with Crippen LogP contribution in [0.3, 0.4) is 0 Å². The first-order chi connectivity index (χ1) is 7.96. The fourth-order valence-electron chi connectivity index (χ4n) is 2.11. The Morgan fingerprint density at radius 2 is 2.00 bits per heavy atom. The highest BCUT2D eigenvalue weighted by molar-refractivity contribution is 5.94. The average Bonchev–Trinajstić information content (AvgIpc) is 2.98. The molecule has 4 nitrogen and oxygen atoms in total. The Labute approximate surface area is 99.2 Å². The Hall–Kier alpha value is -1.71. The summed E-state index contributed by atoms with van der Waals surface area (Å²) in [6.45, 7) is 3.33. The zero-order chi connectivity index (χ0) is 12.2. The molecule has 0 saturated heterocycles. The Balaban J connectivity index is 2.09. The highest BCUT2D eigenvalue weighted by Gasteiger charge is 2.36. The van der Waals surface area contributed by atoms with Crippen LogP contribution in [-0.2, 0) is 4.74 Å². The van der Waals surface area contributed by atoms with Gasteiger partial charge in [0.05, 0.1) is 0 Å². The molecule has 2 aliphatic rings. The third-order valence-corrected chi connectivity index (χ3v) is 3.06. The molecule has 1 saturated carbocycles. The highest BCUT2D eigenvalue weighted by atomic mass is 16.7. The van der Waals surface area contributed by atoms with Crippen LogP contribution in [0.5, 0.6) is 11.5 Å². The smallest absolute Gasteiger partial charge is 0.345 e. The van der Waals surface area contributed by atoms with Gasteiger partial charge in [-0.1, -0.05) is 0 Å². The number of carbonyl (C=O) groups is 1. The van der Waals surface area contributed by atoms with Crippen LogP contribution in [-0.4, -0.2) is 16.9 Å². The molecule has 1 aromatic carbocycles. The number of ether oxygens (including phenoxy) is 2. The molecule has 1 aliphatic heterocycles. The maximum Gasteiger partial charge on any atom is 0.345 e. The van der Waals surface area contributed by atoms with Crippen LogP contribution >= 0.6 is 0 Å². The summed E-state index contributed by atoms with van der Waals surface area (Å²) in [4.78, 5) is 11.8. The number of esters is 1. The Bertz CT molecular complexity index is 500. The maximum atomic E-state index is 11.8. The maximum absolute atomic E-state index is 11.8. The minimum Gasteiger partial charge on any atom is -0.508 e. The van der Waals surface area contributed by atoms with E-state index >= 15 is 0 Å². The summed E-state index contributed by atoms with van der Waals surface area (Å²) in [5.74, 6) is -0.386. The van der Waals surface area contributed by atoms with Gasteiger partial charge in [0.15, 0.2) is 0 Å². The summed E-state index contributed by atoms with van der Waals surface area (Å²) in [6.07, 6.45) is 2.13. The van der Waals surface area contributed by atoms with Gasteiger partial charge in [-0.05, 0) is 30.4 Å². The van der Waals surface area contributed by atoms with E-state index in [1.165, 1.54) is 6.07 Å². The Morgan fingerprint density at radius 3 is 2.65 bits per heavy atom. The molecule has 1 N–H and O–H groups in total. The van der Waals surface area contributed by atoms with Crippen LogP contribution in [0, 0.1) is 0 Å². The highest BCUT2D eigenvalue weighted by Crippen LogP contribution is 2.47. The van der Waals surface area contributed by atoms with E-state index in [4.69, 9.17) is 9.47 Å². The summed E-state index contributed by atoms with van der Waals surface area (Å²) in [6, 6.07) is 3.21. The Morgan fingerprint density at radius 1 is 1.29 bits per heavy atom. The van der Waals surface area contributed by atoms with E-state index in [0.717, 1.165) is 18.4 Å². The van der Waals surface area contributed by atoms with Crippen LogP contribution in [0.15, 0.2) is 12.1 Å². The van der Waals surface area contributed by atoms with Gasteiger partial charge in [-0.3, -0.25) is 0 Å². The molecule has 17 heavy (non-hydrogen) atoms. The predicted octanol–water partition coefficient (Wildman–Crippen LogP) is 2.55. The molecule has 0 aromatic heterocycles. The molecule has 0 unspecified atom stereocenters. The molecule has 1 aliphatic carbocycles. The lowest BCUT2D eigenvalue weighted by Crippen LogP contribution is -2.38. The number of benzene rings is 1. The van der Waals surface area contributed by atoms with Crippen LogP contribution in [0.4, 0.5) is 0 Å². The van der Waals surface area contributed by atoms with Gasteiger partial charge in [0.1, 0.15) is 17.1 Å². The Kier molecular flexibility index (Phi) is 1.94. The normalized spacial score (nSPS) is 21.4. The number of hydrogen-bond donors (Lipinski definition) is 1. The molecule has 0 spiro atoms.